The summed E-state index contributed by atoms with van der Waals surface area (Å²) in [4.78, 5) is 11.6. The van der Waals surface area contributed by atoms with E-state index in [1.54, 1.807) is 30.3 Å². The number of ketones is 1. The number of hydrogen-bond acceptors (Lipinski definition) is 5. The average molecular weight is 408 g/mol. The summed E-state index contributed by atoms with van der Waals surface area (Å²) in [5.41, 5.74) is 0.982. The minimum Gasteiger partial charge on any atom is -0.295 e. The van der Waals surface area contributed by atoms with E-state index in [-0.39, 0.29) is 35.9 Å². The zero-order valence-electron chi connectivity index (χ0n) is 14.9. The van der Waals surface area contributed by atoms with Gasteiger partial charge in [-0.2, -0.15) is 4.31 Å². The Kier molecular flexibility index (Phi) is 5.50. The maximum atomic E-state index is 13.0. The Morgan fingerprint density at radius 2 is 1.74 bits per heavy atom. The van der Waals surface area contributed by atoms with E-state index in [4.69, 9.17) is 0 Å². The third kappa shape index (κ3) is 4.12. The molecule has 0 saturated carbocycles. The van der Waals surface area contributed by atoms with E-state index < -0.39 is 25.1 Å². The maximum Gasteiger partial charge on any atom is 0.243 e. The molecular formula is C19H21NO5S2. The van der Waals surface area contributed by atoms with Crippen molar-refractivity contribution in [1.29, 1.82) is 0 Å². The van der Waals surface area contributed by atoms with E-state index in [1.165, 1.54) is 29.4 Å². The van der Waals surface area contributed by atoms with Crippen LogP contribution in [-0.2, 0) is 19.9 Å². The molecule has 1 heterocycles. The number of hydrogen-bond donors (Lipinski definition) is 0. The molecule has 0 bridgehead atoms. The second kappa shape index (κ2) is 7.53. The molecule has 0 radical (unpaired) electrons. The normalized spacial score (nSPS) is 20.7. The van der Waals surface area contributed by atoms with E-state index in [0.29, 0.717) is 11.1 Å². The first kappa shape index (κ1) is 19.7. The molecule has 1 aliphatic rings. The Hall–Kier alpha value is -2.03. The molecule has 1 unspecified atom stereocenters. The largest absolute Gasteiger partial charge is 0.295 e. The zero-order valence-corrected chi connectivity index (χ0v) is 16.5. The van der Waals surface area contributed by atoms with E-state index in [2.05, 4.69) is 0 Å². The summed E-state index contributed by atoms with van der Waals surface area (Å²) in [6, 6.07) is 14.7. The number of carbonyl (C=O) groups is 1. The Labute approximate surface area is 159 Å². The molecular weight excluding hydrogens is 386 g/mol. The van der Waals surface area contributed by atoms with Crippen LogP contribution in [0.3, 0.4) is 0 Å². The number of rotatable bonds is 4. The first-order valence-corrected chi connectivity index (χ1v) is 11.7. The van der Waals surface area contributed by atoms with Gasteiger partial charge in [-0.25, -0.2) is 16.8 Å². The number of sulfone groups is 1. The van der Waals surface area contributed by atoms with Gasteiger partial charge in [-0.05, 0) is 31.0 Å². The lowest BCUT2D eigenvalue weighted by Crippen LogP contribution is -2.33. The molecule has 0 aliphatic carbocycles. The van der Waals surface area contributed by atoms with Crippen molar-refractivity contribution in [2.24, 2.45) is 0 Å². The number of sulfonamides is 1. The molecule has 1 atom stereocenters. The van der Waals surface area contributed by atoms with Crippen molar-refractivity contribution in [3.8, 4) is 0 Å². The van der Waals surface area contributed by atoms with Crippen molar-refractivity contribution in [2.45, 2.75) is 23.5 Å². The van der Waals surface area contributed by atoms with Crippen LogP contribution in [0.25, 0.3) is 0 Å². The van der Waals surface area contributed by atoms with Crippen molar-refractivity contribution >= 4 is 25.6 Å². The summed E-state index contributed by atoms with van der Waals surface area (Å²) in [6.45, 7) is 1.37. The highest BCUT2D eigenvalue weighted by Crippen LogP contribution is 2.31. The van der Waals surface area contributed by atoms with Crippen molar-refractivity contribution in [2.75, 3.05) is 18.8 Å². The van der Waals surface area contributed by atoms with Gasteiger partial charge in [-0.1, -0.05) is 42.5 Å². The first-order valence-electron chi connectivity index (χ1n) is 8.59. The molecule has 8 heteroatoms. The number of nitrogens with zero attached hydrogens (tertiary/aromatic N) is 1. The summed E-state index contributed by atoms with van der Waals surface area (Å²) < 4.78 is 52.6. The van der Waals surface area contributed by atoms with Crippen LogP contribution in [0.5, 0.6) is 0 Å². The van der Waals surface area contributed by atoms with Crippen LogP contribution in [0.2, 0.25) is 0 Å². The molecule has 0 aromatic heterocycles. The molecule has 1 saturated heterocycles. The van der Waals surface area contributed by atoms with Crippen LogP contribution in [-0.4, -0.2) is 45.8 Å². The molecule has 3 rings (SSSR count). The highest BCUT2D eigenvalue weighted by molar-refractivity contribution is 7.92. The molecule has 0 spiro atoms. The predicted octanol–water partition coefficient (Wildman–Crippen LogP) is 2.44. The van der Waals surface area contributed by atoms with Gasteiger partial charge < -0.3 is 0 Å². The average Bonchev–Trinajstić information content (AvgIpc) is 2.81. The minimum absolute atomic E-state index is 0.00533. The maximum absolute atomic E-state index is 13.0. The minimum atomic E-state index is -3.88. The molecule has 6 nitrogen and oxygen atoms in total. The van der Waals surface area contributed by atoms with Crippen LogP contribution >= 0.6 is 0 Å². The highest BCUT2D eigenvalue weighted by atomic mass is 32.2. The first-order chi connectivity index (χ1) is 12.7. The Balaban J connectivity index is 1.91. The number of carbonyl (C=O) groups excluding carboxylic acids is 1. The van der Waals surface area contributed by atoms with Crippen molar-refractivity contribution < 1.29 is 21.6 Å². The monoisotopic (exact) mass is 407 g/mol. The van der Waals surface area contributed by atoms with Crippen molar-refractivity contribution in [3.05, 3.63) is 65.7 Å². The highest BCUT2D eigenvalue weighted by Gasteiger charge is 2.35. The lowest BCUT2D eigenvalue weighted by atomic mass is 10.1. The van der Waals surface area contributed by atoms with Crippen molar-refractivity contribution in [3.63, 3.8) is 0 Å². The van der Waals surface area contributed by atoms with E-state index in [9.17, 15) is 21.6 Å². The van der Waals surface area contributed by atoms with Gasteiger partial charge in [-0.3, -0.25) is 4.79 Å². The second-order valence-corrected chi connectivity index (χ2v) is 10.8. The summed E-state index contributed by atoms with van der Waals surface area (Å²) >= 11 is 0. The quantitative estimate of drug-likeness (QED) is 0.727. The standard InChI is InChI=1S/C19H21NO5S2/c1-15(21)17-8-5-9-18(14-17)27(24,25)20-11-10-19(26(22,23)13-12-20)16-6-3-2-4-7-16/h2-9,14,19H,10-13H2,1H3. The summed E-state index contributed by atoms with van der Waals surface area (Å²) in [6.07, 6.45) is 0.192. The number of benzene rings is 2. The Morgan fingerprint density at radius 3 is 2.41 bits per heavy atom. The van der Waals surface area contributed by atoms with Gasteiger partial charge in [0.05, 0.1) is 15.9 Å². The fourth-order valence-electron chi connectivity index (χ4n) is 3.23. The Morgan fingerprint density at radius 1 is 1.04 bits per heavy atom. The molecule has 2 aromatic carbocycles. The summed E-state index contributed by atoms with van der Waals surface area (Å²) in [5.74, 6) is -0.465. The molecule has 27 heavy (non-hydrogen) atoms. The number of Topliss-reactive ketones (excluding diaryl/α,β-unsaturated/α-hetero) is 1. The molecule has 0 N–H and O–H groups in total. The second-order valence-electron chi connectivity index (χ2n) is 6.54. The molecule has 1 fully saturated rings. The van der Waals surface area contributed by atoms with Gasteiger partial charge in [0, 0.05) is 18.7 Å². The van der Waals surface area contributed by atoms with Gasteiger partial charge in [0.2, 0.25) is 10.0 Å². The fourth-order valence-corrected chi connectivity index (χ4v) is 6.64. The van der Waals surface area contributed by atoms with Gasteiger partial charge >= 0.3 is 0 Å². The lowest BCUT2D eigenvalue weighted by molar-refractivity contribution is 0.101. The van der Waals surface area contributed by atoms with Gasteiger partial charge in [0.1, 0.15) is 0 Å². The van der Waals surface area contributed by atoms with Crippen LogP contribution in [0, 0.1) is 0 Å². The summed E-state index contributed by atoms with van der Waals surface area (Å²) in [5, 5.41) is -0.720. The van der Waals surface area contributed by atoms with Gasteiger partial charge in [0.15, 0.2) is 15.6 Å². The van der Waals surface area contributed by atoms with Crippen molar-refractivity contribution in [1.82, 2.24) is 4.31 Å². The predicted molar refractivity (Wildman–Crippen MR) is 103 cm³/mol. The van der Waals surface area contributed by atoms with E-state index in [1.807, 2.05) is 6.07 Å². The van der Waals surface area contributed by atoms with E-state index >= 15 is 0 Å². The molecule has 144 valence electrons. The van der Waals surface area contributed by atoms with Crippen LogP contribution in [0.4, 0.5) is 0 Å². The topological polar surface area (TPSA) is 88.6 Å². The molecule has 0 amide bonds. The lowest BCUT2D eigenvalue weighted by Gasteiger charge is -2.20. The van der Waals surface area contributed by atoms with Crippen LogP contribution < -0.4 is 0 Å². The fraction of sp³-hybridized carbons (Fsp3) is 0.316. The molecule has 2 aromatic rings. The smallest absolute Gasteiger partial charge is 0.243 e. The van der Waals surface area contributed by atoms with Gasteiger partial charge in [-0.15, -0.1) is 0 Å². The molecule has 1 aliphatic heterocycles. The van der Waals surface area contributed by atoms with Gasteiger partial charge in [0.25, 0.3) is 0 Å². The van der Waals surface area contributed by atoms with Crippen LogP contribution in [0.1, 0.15) is 34.5 Å². The Bertz CT molecular complexity index is 1050. The third-order valence-electron chi connectivity index (χ3n) is 4.75. The zero-order chi connectivity index (χ0) is 19.7. The SMILES string of the molecule is CC(=O)c1cccc(S(=O)(=O)N2CCC(c3ccccc3)S(=O)(=O)CC2)c1. The van der Waals surface area contributed by atoms with Crippen LogP contribution in [0.15, 0.2) is 59.5 Å². The van der Waals surface area contributed by atoms with E-state index in [0.717, 1.165) is 0 Å². The third-order valence-corrected chi connectivity index (χ3v) is 8.77. The summed E-state index contributed by atoms with van der Waals surface area (Å²) in [7, 11) is -7.35.